The van der Waals surface area contributed by atoms with E-state index in [1.807, 2.05) is 48.2 Å². The Morgan fingerprint density at radius 3 is 2.80 bits per heavy atom. The minimum Gasteiger partial charge on any atom is -0.328 e. The number of rotatable bonds is 3. The molecular formula is C20H20ClN3O. The summed E-state index contributed by atoms with van der Waals surface area (Å²) < 4.78 is 2.22. The van der Waals surface area contributed by atoms with Crippen LogP contribution in [0.15, 0.2) is 42.5 Å². The van der Waals surface area contributed by atoms with Gasteiger partial charge in [0, 0.05) is 36.1 Å². The van der Waals surface area contributed by atoms with Gasteiger partial charge in [0.05, 0.1) is 11.0 Å². The summed E-state index contributed by atoms with van der Waals surface area (Å²) in [5, 5.41) is 0.689. The molecule has 3 aromatic rings. The number of nitrogens with zero attached hydrogens (tertiary/aromatic N) is 3. The summed E-state index contributed by atoms with van der Waals surface area (Å²) in [5.41, 5.74) is 4.00. The van der Waals surface area contributed by atoms with E-state index in [9.17, 15) is 4.79 Å². The molecule has 0 N–H and O–H groups in total. The van der Waals surface area contributed by atoms with Gasteiger partial charge in [0.15, 0.2) is 0 Å². The molecule has 2 aromatic carbocycles. The molecule has 1 unspecified atom stereocenters. The number of anilines is 1. The zero-order valence-corrected chi connectivity index (χ0v) is 15.1. The second-order valence-corrected chi connectivity index (χ2v) is 6.95. The molecule has 0 radical (unpaired) electrons. The van der Waals surface area contributed by atoms with Crippen LogP contribution >= 0.6 is 11.6 Å². The lowest BCUT2D eigenvalue weighted by molar-refractivity contribution is -0.117. The molecule has 1 aromatic heterocycles. The summed E-state index contributed by atoms with van der Waals surface area (Å²) in [6.45, 7) is 5.56. The van der Waals surface area contributed by atoms with Crippen LogP contribution in [0.25, 0.3) is 11.0 Å². The van der Waals surface area contributed by atoms with Crippen LogP contribution in [0, 0.1) is 6.92 Å². The highest BCUT2D eigenvalue weighted by atomic mass is 35.5. The Balaban J connectivity index is 1.69. The molecule has 1 saturated heterocycles. The molecule has 0 spiro atoms. The molecule has 4 rings (SSSR count). The van der Waals surface area contributed by atoms with Crippen molar-refractivity contribution < 1.29 is 4.79 Å². The summed E-state index contributed by atoms with van der Waals surface area (Å²) in [6.07, 6.45) is 0.481. The molecule has 25 heavy (non-hydrogen) atoms. The first kappa shape index (κ1) is 16.2. The summed E-state index contributed by atoms with van der Waals surface area (Å²) in [5.74, 6) is 1.22. The van der Waals surface area contributed by atoms with Crippen molar-refractivity contribution >= 4 is 34.2 Å². The summed E-state index contributed by atoms with van der Waals surface area (Å²) >= 11 is 6.24. The van der Waals surface area contributed by atoms with Crippen molar-refractivity contribution in [3.8, 4) is 0 Å². The van der Waals surface area contributed by atoms with Gasteiger partial charge in [-0.3, -0.25) is 4.79 Å². The molecule has 1 aliphatic rings. The summed E-state index contributed by atoms with van der Waals surface area (Å²) in [7, 11) is 0. The van der Waals surface area contributed by atoms with Crippen LogP contribution in [0.1, 0.15) is 30.7 Å². The van der Waals surface area contributed by atoms with Gasteiger partial charge in [-0.1, -0.05) is 29.8 Å². The van der Waals surface area contributed by atoms with Gasteiger partial charge >= 0.3 is 0 Å². The van der Waals surface area contributed by atoms with Crippen molar-refractivity contribution in [1.82, 2.24) is 9.55 Å². The molecule has 1 aliphatic heterocycles. The highest BCUT2D eigenvalue weighted by Crippen LogP contribution is 2.34. The number of imidazole rings is 1. The minimum atomic E-state index is 0.0972. The van der Waals surface area contributed by atoms with Gasteiger partial charge in [0.2, 0.25) is 5.91 Å². The fourth-order valence-corrected chi connectivity index (χ4v) is 3.79. The van der Waals surface area contributed by atoms with Crippen LogP contribution < -0.4 is 4.90 Å². The maximum atomic E-state index is 12.6. The van der Waals surface area contributed by atoms with E-state index in [1.54, 1.807) is 0 Å². The molecule has 1 fully saturated rings. The Kier molecular flexibility index (Phi) is 4.00. The van der Waals surface area contributed by atoms with Crippen LogP contribution in [0.4, 0.5) is 5.69 Å². The van der Waals surface area contributed by atoms with Gasteiger partial charge in [0.1, 0.15) is 5.82 Å². The first-order valence-corrected chi connectivity index (χ1v) is 8.98. The van der Waals surface area contributed by atoms with Gasteiger partial charge in [-0.15, -0.1) is 0 Å². The maximum absolute atomic E-state index is 12.6. The average Bonchev–Trinajstić information content (AvgIpc) is 3.17. The van der Waals surface area contributed by atoms with E-state index >= 15 is 0 Å². The number of hydrogen-bond donors (Lipinski definition) is 0. The van der Waals surface area contributed by atoms with Crippen molar-refractivity contribution in [3.63, 3.8) is 0 Å². The zero-order valence-electron chi connectivity index (χ0n) is 14.4. The predicted molar refractivity (Wildman–Crippen MR) is 101 cm³/mol. The van der Waals surface area contributed by atoms with Gasteiger partial charge in [-0.2, -0.15) is 0 Å². The maximum Gasteiger partial charge on any atom is 0.227 e. The van der Waals surface area contributed by atoms with Crippen molar-refractivity contribution in [1.29, 1.82) is 0 Å². The Morgan fingerprint density at radius 1 is 1.24 bits per heavy atom. The van der Waals surface area contributed by atoms with Crippen molar-refractivity contribution in [2.75, 3.05) is 11.4 Å². The lowest BCUT2D eigenvalue weighted by Crippen LogP contribution is -2.24. The highest BCUT2D eigenvalue weighted by Gasteiger charge is 2.34. The van der Waals surface area contributed by atoms with E-state index < -0.39 is 0 Å². The monoisotopic (exact) mass is 353 g/mol. The number of aromatic nitrogens is 2. The molecule has 128 valence electrons. The number of para-hydroxylation sites is 2. The average molecular weight is 354 g/mol. The van der Waals surface area contributed by atoms with E-state index in [0.717, 1.165) is 34.7 Å². The lowest BCUT2D eigenvalue weighted by atomic mass is 10.1. The smallest absolute Gasteiger partial charge is 0.227 e. The van der Waals surface area contributed by atoms with Gasteiger partial charge in [0.25, 0.3) is 0 Å². The van der Waals surface area contributed by atoms with Crippen LogP contribution in [-0.2, 0) is 11.3 Å². The molecular weight excluding hydrogens is 334 g/mol. The number of amides is 1. The first-order valence-electron chi connectivity index (χ1n) is 8.60. The molecule has 5 heteroatoms. The Morgan fingerprint density at radius 2 is 2.04 bits per heavy atom. The number of halogens is 1. The van der Waals surface area contributed by atoms with Crippen LogP contribution in [0.3, 0.4) is 0 Å². The number of hydrogen-bond acceptors (Lipinski definition) is 2. The van der Waals surface area contributed by atoms with Gasteiger partial charge in [-0.05, 0) is 43.7 Å². The van der Waals surface area contributed by atoms with Crippen molar-refractivity contribution in [2.24, 2.45) is 0 Å². The topological polar surface area (TPSA) is 38.1 Å². The second kappa shape index (κ2) is 6.19. The largest absolute Gasteiger partial charge is 0.328 e. The van der Waals surface area contributed by atoms with Gasteiger partial charge in [-0.25, -0.2) is 4.98 Å². The molecule has 2 heterocycles. The molecule has 0 bridgehead atoms. The SMILES string of the molecule is CCn1c(C2CC(=O)N(c3ccc(C)c(Cl)c3)C2)nc2ccccc21. The third-order valence-electron chi connectivity index (χ3n) is 4.96. The number of carbonyl (C=O) groups is 1. The normalized spacial score (nSPS) is 17.6. The van der Waals surface area contributed by atoms with E-state index in [-0.39, 0.29) is 11.8 Å². The summed E-state index contributed by atoms with van der Waals surface area (Å²) in [6, 6.07) is 13.9. The van der Waals surface area contributed by atoms with E-state index in [4.69, 9.17) is 16.6 Å². The molecule has 1 atom stereocenters. The Labute approximate surface area is 152 Å². The molecule has 0 saturated carbocycles. The molecule has 1 amide bonds. The molecule has 0 aliphatic carbocycles. The number of benzene rings is 2. The van der Waals surface area contributed by atoms with Crippen LogP contribution in [-0.4, -0.2) is 22.0 Å². The minimum absolute atomic E-state index is 0.0972. The van der Waals surface area contributed by atoms with Gasteiger partial charge < -0.3 is 9.47 Å². The van der Waals surface area contributed by atoms with E-state index in [2.05, 4.69) is 17.6 Å². The highest BCUT2D eigenvalue weighted by molar-refractivity contribution is 6.31. The van der Waals surface area contributed by atoms with Crippen molar-refractivity contribution in [2.45, 2.75) is 32.7 Å². The van der Waals surface area contributed by atoms with Crippen LogP contribution in [0.5, 0.6) is 0 Å². The zero-order chi connectivity index (χ0) is 17.6. The van der Waals surface area contributed by atoms with Crippen LogP contribution in [0.2, 0.25) is 5.02 Å². The second-order valence-electron chi connectivity index (χ2n) is 6.54. The number of aryl methyl sites for hydroxylation is 2. The fourth-order valence-electron chi connectivity index (χ4n) is 3.62. The van der Waals surface area contributed by atoms with E-state index in [0.29, 0.717) is 18.0 Å². The van der Waals surface area contributed by atoms with E-state index in [1.165, 1.54) is 0 Å². The predicted octanol–water partition coefficient (Wildman–Crippen LogP) is 4.54. The number of fused-ring (bicyclic) bond motifs is 1. The first-order chi connectivity index (χ1) is 12.1. The molecule has 4 nitrogen and oxygen atoms in total. The summed E-state index contributed by atoms with van der Waals surface area (Å²) in [4.78, 5) is 19.3. The Hall–Kier alpha value is -2.33. The van der Waals surface area contributed by atoms with Crippen molar-refractivity contribution in [3.05, 3.63) is 58.9 Å². The fraction of sp³-hybridized carbons (Fsp3) is 0.300. The third kappa shape index (κ3) is 2.71. The lowest BCUT2D eigenvalue weighted by Gasteiger charge is -2.18. The standard InChI is InChI=1S/C20H20ClN3O/c1-3-23-18-7-5-4-6-17(18)22-20(23)14-10-19(25)24(12-14)15-9-8-13(2)16(21)11-15/h4-9,11,14H,3,10,12H2,1-2H3. The number of carbonyl (C=O) groups excluding carboxylic acids is 1. The quantitative estimate of drug-likeness (QED) is 0.693. The Bertz CT molecular complexity index is 963. The third-order valence-corrected chi connectivity index (χ3v) is 5.36.